The highest BCUT2D eigenvalue weighted by atomic mass is 19.1. The molecule has 0 fully saturated rings. The Morgan fingerprint density at radius 1 is 1.00 bits per heavy atom. The van der Waals surface area contributed by atoms with Crippen LogP contribution in [0.25, 0.3) is 0 Å². The van der Waals surface area contributed by atoms with E-state index in [2.05, 4.69) is 5.32 Å². The zero-order valence-corrected chi connectivity index (χ0v) is 17.0. The van der Waals surface area contributed by atoms with Gasteiger partial charge in [-0.05, 0) is 42.5 Å². The Morgan fingerprint density at radius 3 is 2.21 bits per heavy atom. The summed E-state index contributed by atoms with van der Waals surface area (Å²) in [6.07, 6.45) is -0.0830. The van der Waals surface area contributed by atoms with E-state index in [4.69, 9.17) is 0 Å². The van der Waals surface area contributed by atoms with Gasteiger partial charge in [-0.3, -0.25) is 9.59 Å². The Hall–Kier alpha value is -2.69. The van der Waals surface area contributed by atoms with E-state index in [0.29, 0.717) is 24.6 Å². The van der Waals surface area contributed by atoms with Crippen LogP contribution in [-0.2, 0) is 22.6 Å². The van der Waals surface area contributed by atoms with Gasteiger partial charge in [-0.25, -0.2) is 4.39 Å². The summed E-state index contributed by atoms with van der Waals surface area (Å²) < 4.78 is 14.0. The summed E-state index contributed by atoms with van der Waals surface area (Å²) >= 11 is 0. The highest BCUT2D eigenvalue weighted by Gasteiger charge is 2.27. The molecule has 150 valence electrons. The summed E-state index contributed by atoms with van der Waals surface area (Å²) in [4.78, 5) is 27.2. The van der Waals surface area contributed by atoms with Crippen LogP contribution in [0.3, 0.4) is 0 Å². The van der Waals surface area contributed by atoms with E-state index in [1.165, 1.54) is 11.0 Å². The molecule has 0 saturated heterocycles. The van der Waals surface area contributed by atoms with Crippen LogP contribution in [-0.4, -0.2) is 29.3 Å². The summed E-state index contributed by atoms with van der Waals surface area (Å²) in [5, 5.41) is 2.89. The molecule has 4 nitrogen and oxygen atoms in total. The number of halogens is 1. The Kier molecular flexibility index (Phi) is 7.73. The van der Waals surface area contributed by atoms with Crippen molar-refractivity contribution in [2.24, 2.45) is 5.92 Å². The molecule has 0 aliphatic carbocycles. The topological polar surface area (TPSA) is 49.4 Å². The SMILES string of the molecule is Cc1ccccc1CN(C(=O)Cc1ccccc1F)C(C)C(=O)NCC(C)C. The van der Waals surface area contributed by atoms with E-state index in [1.807, 2.05) is 45.0 Å². The van der Waals surface area contributed by atoms with Gasteiger partial charge in [0.1, 0.15) is 11.9 Å². The number of carbonyl (C=O) groups is 2. The second kappa shape index (κ2) is 10.0. The Morgan fingerprint density at radius 2 is 1.61 bits per heavy atom. The quantitative estimate of drug-likeness (QED) is 0.751. The Labute approximate surface area is 166 Å². The molecule has 0 heterocycles. The number of rotatable bonds is 8. The molecular weight excluding hydrogens is 355 g/mol. The van der Waals surface area contributed by atoms with E-state index in [0.717, 1.165) is 11.1 Å². The van der Waals surface area contributed by atoms with E-state index >= 15 is 0 Å². The Balaban J connectivity index is 2.24. The van der Waals surface area contributed by atoms with Gasteiger partial charge in [0.15, 0.2) is 0 Å². The number of amides is 2. The lowest BCUT2D eigenvalue weighted by Gasteiger charge is -2.29. The van der Waals surface area contributed by atoms with Gasteiger partial charge in [0.25, 0.3) is 0 Å². The molecule has 0 spiro atoms. The molecule has 1 N–H and O–H groups in total. The van der Waals surface area contributed by atoms with Crippen molar-refractivity contribution in [3.8, 4) is 0 Å². The molecule has 2 aromatic carbocycles. The predicted molar refractivity (Wildman–Crippen MR) is 109 cm³/mol. The average Bonchev–Trinajstić information content (AvgIpc) is 2.66. The van der Waals surface area contributed by atoms with Crippen LogP contribution in [0.15, 0.2) is 48.5 Å². The molecule has 0 aliphatic heterocycles. The number of aryl methyl sites for hydroxylation is 1. The number of benzene rings is 2. The first-order valence-corrected chi connectivity index (χ1v) is 9.64. The maximum Gasteiger partial charge on any atom is 0.242 e. The fourth-order valence-electron chi connectivity index (χ4n) is 2.91. The zero-order valence-electron chi connectivity index (χ0n) is 17.0. The molecule has 1 unspecified atom stereocenters. The van der Waals surface area contributed by atoms with Crippen LogP contribution >= 0.6 is 0 Å². The van der Waals surface area contributed by atoms with Crippen LogP contribution in [0.1, 0.15) is 37.5 Å². The van der Waals surface area contributed by atoms with Gasteiger partial charge < -0.3 is 10.2 Å². The van der Waals surface area contributed by atoms with Crippen molar-refractivity contribution >= 4 is 11.8 Å². The number of carbonyl (C=O) groups excluding carboxylic acids is 2. The highest BCUT2D eigenvalue weighted by molar-refractivity contribution is 5.88. The fourth-order valence-corrected chi connectivity index (χ4v) is 2.91. The molecule has 0 radical (unpaired) electrons. The van der Waals surface area contributed by atoms with Crippen molar-refractivity contribution in [2.45, 2.75) is 46.7 Å². The molecule has 1 atom stereocenters. The van der Waals surface area contributed by atoms with Crippen LogP contribution in [0.5, 0.6) is 0 Å². The molecule has 0 bridgehead atoms. The van der Waals surface area contributed by atoms with Crippen molar-refractivity contribution in [1.29, 1.82) is 0 Å². The van der Waals surface area contributed by atoms with Gasteiger partial charge in [0.2, 0.25) is 11.8 Å². The summed E-state index contributed by atoms with van der Waals surface area (Å²) in [7, 11) is 0. The molecule has 0 saturated carbocycles. The van der Waals surface area contributed by atoms with E-state index in [-0.39, 0.29) is 18.2 Å². The number of nitrogens with zero attached hydrogens (tertiary/aromatic N) is 1. The third-order valence-corrected chi connectivity index (χ3v) is 4.75. The molecule has 0 aromatic heterocycles. The fraction of sp³-hybridized carbons (Fsp3) is 0.391. The van der Waals surface area contributed by atoms with Gasteiger partial charge in [-0.2, -0.15) is 0 Å². The first-order chi connectivity index (χ1) is 13.3. The molecule has 2 rings (SSSR count). The monoisotopic (exact) mass is 384 g/mol. The minimum atomic E-state index is -0.655. The molecule has 28 heavy (non-hydrogen) atoms. The van der Waals surface area contributed by atoms with Crippen molar-refractivity contribution in [3.63, 3.8) is 0 Å². The van der Waals surface area contributed by atoms with Crippen molar-refractivity contribution in [2.75, 3.05) is 6.54 Å². The summed E-state index contributed by atoms with van der Waals surface area (Å²) in [6.45, 7) is 8.56. The first-order valence-electron chi connectivity index (χ1n) is 9.64. The third kappa shape index (κ3) is 5.91. The van der Waals surface area contributed by atoms with Crippen molar-refractivity contribution in [3.05, 3.63) is 71.0 Å². The van der Waals surface area contributed by atoms with Gasteiger partial charge in [-0.1, -0.05) is 56.3 Å². The molecular formula is C23H29FN2O2. The van der Waals surface area contributed by atoms with Gasteiger partial charge in [0.05, 0.1) is 6.42 Å². The minimum Gasteiger partial charge on any atom is -0.354 e. The zero-order chi connectivity index (χ0) is 20.7. The van der Waals surface area contributed by atoms with Gasteiger partial charge in [-0.15, -0.1) is 0 Å². The summed E-state index contributed by atoms with van der Waals surface area (Å²) in [5.74, 6) is -0.580. The van der Waals surface area contributed by atoms with Crippen LogP contribution < -0.4 is 5.32 Å². The smallest absolute Gasteiger partial charge is 0.242 e. The summed E-state index contributed by atoms with van der Waals surface area (Å²) in [6, 6.07) is 13.3. The largest absolute Gasteiger partial charge is 0.354 e. The highest BCUT2D eigenvalue weighted by Crippen LogP contribution is 2.16. The van der Waals surface area contributed by atoms with E-state index in [1.54, 1.807) is 25.1 Å². The van der Waals surface area contributed by atoms with Crippen LogP contribution in [0, 0.1) is 18.7 Å². The second-order valence-corrected chi connectivity index (χ2v) is 7.53. The standard InChI is InChI=1S/C23H29FN2O2/c1-16(2)14-25-23(28)18(4)26(15-20-11-6-5-9-17(20)3)22(27)13-19-10-7-8-12-21(19)24/h5-12,16,18H,13-15H2,1-4H3,(H,25,28). The van der Waals surface area contributed by atoms with Gasteiger partial charge >= 0.3 is 0 Å². The maximum atomic E-state index is 14.0. The third-order valence-electron chi connectivity index (χ3n) is 4.75. The average molecular weight is 384 g/mol. The summed E-state index contributed by atoms with van der Waals surface area (Å²) in [5.41, 5.74) is 2.34. The van der Waals surface area contributed by atoms with E-state index < -0.39 is 11.9 Å². The molecule has 2 aromatic rings. The van der Waals surface area contributed by atoms with Crippen LogP contribution in [0.2, 0.25) is 0 Å². The minimum absolute atomic E-state index is 0.0830. The normalized spacial score (nSPS) is 11.9. The van der Waals surface area contributed by atoms with Crippen molar-refractivity contribution in [1.82, 2.24) is 10.2 Å². The predicted octanol–water partition coefficient (Wildman–Crippen LogP) is 3.87. The number of nitrogens with one attached hydrogen (secondary N) is 1. The lowest BCUT2D eigenvalue weighted by atomic mass is 10.1. The lowest BCUT2D eigenvalue weighted by Crippen LogP contribution is -2.48. The number of hydrogen-bond acceptors (Lipinski definition) is 2. The second-order valence-electron chi connectivity index (χ2n) is 7.53. The lowest BCUT2D eigenvalue weighted by molar-refractivity contribution is -0.140. The van der Waals surface area contributed by atoms with Crippen LogP contribution in [0.4, 0.5) is 4.39 Å². The van der Waals surface area contributed by atoms with Gasteiger partial charge in [0, 0.05) is 13.1 Å². The molecule has 0 aliphatic rings. The number of hydrogen-bond donors (Lipinski definition) is 1. The maximum absolute atomic E-state index is 14.0. The molecule has 5 heteroatoms. The first kappa shape index (κ1) is 21.6. The van der Waals surface area contributed by atoms with E-state index in [9.17, 15) is 14.0 Å². The molecule has 2 amide bonds. The van der Waals surface area contributed by atoms with Crippen molar-refractivity contribution < 1.29 is 14.0 Å². The Bertz CT molecular complexity index is 820.